The largest absolute Gasteiger partial charge is 0.204 e. The highest BCUT2D eigenvalue weighted by atomic mass is 19.2. The van der Waals surface area contributed by atoms with Gasteiger partial charge in [-0.05, 0) is 61.6 Å². The van der Waals surface area contributed by atoms with Crippen LogP contribution in [-0.4, -0.2) is 0 Å². The normalized spacial score (nSPS) is 24.6. The molecule has 98 valence electrons. The molecule has 0 nitrogen and oxygen atoms in total. The quantitative estimate of drug-likeness (QED) is 0.646. The lowest BCUT2D eigenvalue weighted by atomic mass is 9.78. The van der Waals surface area contributed by atoms with Gasteiger partial charge in [0.1, 0.15) is 0 Å². The van der Waals surface area contributed by atoms with Crippen LogP contribution in [0.15, 0.2) is 30.4 Å². The van der Waals surface area contributed by atoms with Gasteiger partial charge in [-0.15, -0.1) is 0 Å². The summed E-state index contributed by atoms with van der Waals surface area (Å²) >= 11 is 0. The maximum atomic E-state index is 13.2. The Kier molecular flexibility index (Phi) is 4.51. The zero-order valence-electron chi connectivity index (χ0n) is 10.8. The molecule has 18 heavy (non-hydrogen) atoms. The van der Waals surface area contributed by atoms with Gasteiger partial charge in [0.05, 0.1) is 0 Å². The van der Waals surface area contributed by atoms with Crippen molar-refractivity contribution in [3.05, 3.63) is 47.5 Å². The standard InChI is InChI=1S/C16H20F2/c1-2-3-4-12-5-7-13(8-6-12)14-9-10-15(17)16(18)11-14/h3-4,9-13H,2,5-8H2,1H3/t12-,13-. The fraction of sp³-hybridized carbons (Fsp3) is 0.500. The summed E-state index contributed by atoms with van der Waals surface area (Å²) in [4.78, 5) is 0. The molecule has 2 heteroatoms. The van der Waals surface area contributed by atoms with E-state index in [1.54, 1.807) is 6.07 Å². The van der Waals surface area contributed by atoms with Gasteiger partial charge in [-0.2, -0.15) is 0 Å². The van der Waals surface area contributed by atoms with Crippen molar-refractivity contribution in [1.82, 2.24) is 0 Å². The van der Waals surface area contributed by atoms with Crippen LogP contribution in [0.1, 0.15) is 50.5 Å². The summed E-state index contributed by atoms with van der Waals surface area (Å²) in [5.74, 6) is -0.406. The van der Waals surface area contributed by atoms with Crippen molar-refractivity contribution in [3.8, 4) is 0 Å². The average Bonchev–Trinajstić information content (AvgIpc) is 2.40. The molecule has 0 aliphatic heterocycles. The molecular weight excluding hydrogens is 230 g/mol. The zero-order valence-corrected chi connectivity index (χ0v) is 10.8. The molecule has 0 radical (unpaired) electrons. The van der Waals surface area contributed by atoms with E-state index in [4.69, 9.17) is 0 Å². The van der Waals surface area contributed by atoms with E-state index >= 15 is 0 Å². The Morgan fingerprint density at radius 2 is 1.83 bits per heavy atom. The molecule has 1 aliphatic carbocycles. The summed E-state index contributed by atoms with van der Waals surface area (Å²) in [7, 11) is 0. The van der Waals surface area contributed by atoms with E-state index in [2.05, 4.69) is 19.1 Å². The Morgan fingerprint density at radius 1 is 1.11 bits per heavy atom. The van der Waals surface area contributed by atoms with Crippen molar-refractivity contribution in [2.45, 2.75) is 44.9 Å². The van der Waals surface area contributed by atoms with E-state index in [-0.39, 0.29) is 0 Å². The van der Waals surface area contributed by atoms with Gasteiger partial charge in [-0.25, -0.2) is 8.78 Å². The molecule has 2 rings (SSSR count). The number of hydrogen-bond acceptors (Lipinski definition) is 0. The molecule has 1 aromatic rings. The first-order valence-electron chi connectivity index (χ1n) is 6.82. The van der Waals surface area contributed by atoms with Gasteiger partial charge in [0.25, 0.3) is 0 Å². The molecule has 0 heterocycles. The Balaban J connectivity index is 1.96. The van der Waals surface area contributed by atoms with E-state index in [9.17, 15) is 8.78 Å². The summed E-state index contributed by atoms with van der Waals surface area (Å²) < 4.78 is 26.1. The molecule has 0 saturated heterocycles. The number of allylic oxidation sites excluding steroid dienone is 2. The van der Waals surface area contributed by atoms with E-state index in [0.29, 0.717) is 11.8 Å². The Bertz CT molecular complexity index is 415. The van der Waals surface area contributed by atoms with Crippen LogP contribution in [0, 0.1) is 17.6 Å². The lowest BCUT2D eigenvalue weighted by Gasteiger charge is -2.27. The van der Waals surface area contributed by atoms with Crippen LogP contribution in [0.2, 0.25) is 0 Å². The monoisotopic (exact) mass is 250 g/mol. The second-order valence-electron chi connectivity index (χ2n) is 5.12. The SMILES string of the molecule is CCC=C[C@H]1CC[C@H](c2ccc(F)c(F)c2)CC1. The Labute approximate surface area is 108 Å². The highest BCUT2D eigenvalue weighted by molar-refractivity contribution is 5.22. The van der Waals surface area contributed by atoms with E-state index < -0.39 is 11.6 Å². The highest BCUT2D eigenvalue weighted by Gasteiger charge is 2.21. The molecular formula is C16H20F2. The van der Waals surface area contributed by atoms with Gasteiger partial charge in [-0.1, -0.05) is 25.1 Å². The van der Waals surface area contributed by atoms with Crippen LogP contribution in [0.3, 0.4) is 0 Å². The Hall–Kier alpha value is -1.18. The van der Waals surface area contributed by atoms with Gasteiger partial charge in [-0.3, -0.25) is 0 Å². The van der Waals surface area contributed by atoms with Crippen molar-refractivity contribution in [3.63, 3.8) is 0 Å². The van der Waals surface area contributed by atoms with Crippen LogP contribution in [-0.2, 0) is 0 Å². The van der Waals surface area contributed by atoms with Crippen LogP contribution >= 0.6 is 0 Å². The van der Waals surface area contributed by atoms with Crippen molar-refractivity contribution in [1.29, 1.82) is 0 Å². The van der Waals surface area contributed by atoms with E-state index in [1.807, 2.05) is 0 Å². The number of hydrogen-bond donors (Lipinski definition) is 0. The molecule has 0 unspecified atom stereocenters. The first kappa shape index (κ1) is 13.3. The fourth-order valence-corrected chi connectivity index (χ4v) is 2.74. The highest BCUT2D eigenvalue weighted by Crippen LogP contribution is 2.36. The van der Waals surface area contributed by atoms with Crippen molar-refractivity contribution in [2.75, 3.05) is 0 Å². The van der Waals surface area contributed by atoms with Crippen molar-refractivity contribution in [2.24, 2.45) is 5.92 Å². The summed E-state index contributed by atoms with van der Waals surface area (Å²) in [5, 5.41) is 0. The molecule has 1 aliphatic rings. The summed E-state index contributed by atoms with van der Waals surface area (Å²) in [5.41, 5.74) is 0.951. The lowest BCUT2D eigenvalue weighted by Crippen LogP contribution is -2.12. The first-order chi connectivity index (χ1) is 8.70. The lowest BCUT2D eigenvalue weighted by molar-refractivity contribution is 0.374. The minimum Gasteiger partial charge on any atom is -0.204 e. The number of halogens is 2. The van der Waals surface area contributed by atoms with Crippen LogP contribution in [0.25, 0.3) is 0 Å². The maximum absolute atomic E-state index is 13.2. The topological polar surface area (TPSA) is 0 Å². The van der Waals surface area contributed by atoms with Crippen molar-refractivity contribution < 1.29 is 8.78 Å². The van der Waals surface area contributed by atoms with Crippen LogP contribution in [0.4, 0.5) is 8.78 Å². The third-order valence-electron chi connectivity index (χ3n) is 3.83. The predicted molar refractivity (Wildman–Crippen MR) is 70.5 cm³/mol. The molecule has 0 N–H and O–H groups in total. The maximum Gasteiger partial charge on any atom is 0.159 e. The molecule has 1 fully saturated rings. The van der Waals surface area contributed by atoms with E-state index in [0.717, 1.165) is 37.7 Å². The predicted octanol–water partition coefficient (Wildman–Crippen LogP) is 5.20. The minimum absolute atomic E-state index is 0.395. The second-order valence-corrected chi connectivity index (χ2v) is 5.12. The van der Waals surface area contributed by atoms with Gasteiger partial charge in [0.15, 0.2) is 11.6 Å². The fourth-order valence-electron chi connectivity index (χ4n) is 2.74. The molecule has 1 aromatic carbocycles. The number of rotatable bonds is 3. The van der Waals surface area contributed by atoms with E-state index in [1.165, 1.54) is 12.1 Å². The minimum atomic E-state index is -0.752. The summed E-state index contributed by atoms with van der Waals surface area (Å²) in [6.45, 7) is 2.14. The molecule has 0 spiro atoms. The summed E-state index contributed by atoms with van der Waals surface area (Å²) in [6.07, 6.45) is 10.1. The van der Waals surface area contributed by atoms with Crippen molar-refractivity contribution >= 4 is 0 Å². The van der Waals surface area contributed by atoms with Gasteiger partial charge < -0.3 is 0 Å². The van der Waals surface area contributed by atoms with Crippen LogP contribution < -0.4 is 0 Å². The van der Waals surface area contributed by atoms with Gasteiger partial charge >= 0.3 is 0 Å². The third kappa shape index (κ3) is 3.18. The van der Waals surface area contributed by atoms with Crippen LogP contribution in [0.5, 0.6) is 0 Å². The molecule has 0 amide bonds. The van der Waals surface area contributed by atoms with Gasteiger partial charge in [0.2, 0.25) is 0 Å². The summed E-state index contributed by atoms with van der Waals surface area (Å²) in [6, 6.07) is 4.33. The average molecular weight is 250 g/mol. The molecule has 0 bridgehead atoms. The molecule has 0 atom stereocenters. The second kappa shape index (κ2) is 6.12. The van der Waals surface area contributed by atoms with Gasteiger partial charge in [0, 0.05) is 0 Å². The first-order valence-corrected chi connectivity index (χ1v) is 6.82. The molecule has 0 aromatic heterocycles. The third-order valence-corrected chi connectivity index (χ3v) is 3.83. The Morgan fingerprint density at radius 3 is 2.44 bits per heavy atom. The number of benzene rings is 1. The molecule has 1 saturated carbocycles. The zero-order chi connectivity index (χ0) is 13.0. The smallest absolute Gasteiger partial charge is 0.159 e.